The molecule has 0 bridgehead atoms. The lowest BCUT2D eigenvalue weighted by atomic mass is 10.2. The smallest absolute Gasteiger partial charge is 0.429 e. The number of nitrogens with zero attached hydrogens (tertiary/aromatic N) is 2. The van der Waals surface area contributed by atoms with Crippen LogP contribution < -0.4 is 5.59 Å². The maximum Gasteiger partial charge on any atom is 0.511 e. The Bertz CT molecular complexity index is 335. The lowest BCUT2D eigenvalue weighted by Gasteiger charge is -2.30. The normalized spacial score (nSPS) is 21.6. The fourth-order valence-electron chi connectivity index (χ4n) is 1.86. The third kappa shape index (κ3) is 6.55. The lowest BCUT2D eigenvalue weighted by molar-refractivity contribution is -0.370. The summed E-state index contributed by atoms with van der Waals surface area (Å²) in [5, 5.41) is 21.1. The minimum Gasteiger partial charge on any atom is -0.429 e. The second-order valence-electron chi connectivity index (χ2n) is 5.79. The number of hydrazine groups is 2. The van der Waals surface area contributed by atoms with E-state index in [2.05, 4.69) is 5.59 Å². The Morgan fingerprint density at radius 1 is 1.52 bits per heavy atom. The van der Waals surface area contributed by atoms with Gasteiger partial charge >= 0.3 is 6.16 Å². The second kappa shape index (κ2) is 7.87. The van der Waals surface area contributed by atoms with Gasteiger partial charge in [0.15, 0.2) is 0 Å². The summed E-state index contributed by atoms with van der Waals surface area (Å²) in [6.45, 7) is 7.14. The van der Waals surface area contributed by atoms with Crippen LogP contribution >= 0.6 is 0 Å². The van der Waals surface area contributed by atoms with Gasteiger partial charge in [0.2, 0.25) is 6.29 Å². The van der Waals surface area contributed by atoms with E-state index in [4.69, 9.17) is 19.4 Å². The Balaban J connectivity index is 2.29. The van der Waals surface area contributed by atoms with Crippen LogP contribution in [0, 0.1) is 0 Å². The molecule has 0 saturated carbocycles. The summed E-state index contributed by atoms with van der Waals surface area (Å²) in [6, 6.07) is -0.173. The van der Waals surface area contributed by atoms with E-state index in [9.17, 15) is 10.0 Å². The van der Waals surface area contributed by atoms with Crippen LogP contribution in [0.5, 0.6) is 0 Å². The van der Waals surface area contributed by atoms with Gasteiger partial charge in [0, 0.05) is 13.5 Å². The number of carbonyl (C=O) groups is 1. The van der Waals surface area contributed by atoms with Crippen molar-refractivity contribution in [3.05, 3.63) is 0 Å². The van der Waals surface area contributed by atoms with E-state index in [0.29, 0.717) is 11.8 Å². The topological polar surface area (TPSA) is 104 Å². The molecule has 124 valence electrons. The largest absolute Gasteiger partial charge is 0.511 e. The van der Waals surface area contributed by atoms with Gasteiger partial charge in [0.25, 0.3) is 0 Å². The van der Waals surface area contributed by atoms with Crippen LogP contribution in [0.4, 0.5) is 4.79 Å². The van der Waals surface area contributed by atoms with Crippen LogP contribution in [0.25, 0.3) is 0 Å². The Hall–Kier alpha value is -0.970. The lowest BCUT2D eigenvalue weighted by Crippen LogP contribution is -2.52. The molecule has 2 atom stereocenters. The molecule has 3 N–H and O–H groups in total. The van der Waals surface area contributed by atoms with E-state index < -0.39 is 18.0 Å². The van der Waals surface area contributed by atoms with Crippen molar-refractivity contribution < 1.29 is 29.4 Å². The highest BCUT2D eigenvalue weighted by Gasteiger charge is 2.29. The zero-order chi connectivity index (χ0) is 16.0. The molecule has 1 fully saturated rings. The maximum atomic E-state index is 11.4. The predicted octanol–water partition coefficient (Wildman–Crippen LogP) is 0.783. The molecule has 21 heavy (non-hydrogen) atoms. The molecule has 9 nitrogen and oxygen atoms in total. The maximum absolute atomic E-state index is 11.4. The number of rotatable bonds is 6. The van der Waals surface area contributed by atoms with Crippen LogP contribution in [0.3, 0.4) is 0 Å². The molecular weight excluding hydrogens is 282 g/mol. The SMILES string of the molecule is CC(ONN(O)N1CCC[C@H]1CO)OC(=O)OC(C)(C)C. The zero-order valence-electron chi connectivity index (χ0n) is 12.9. The van der Waals surface area contributed by atoms with Gasteiger partial charge in [-0.25, -0.2) is 9.63 Å². The van der Waals surface area contributed by atoms with Crippen LogP contribution in [0.1, 0.15) is 40.5 Å². The van der Waals surface area contributed by atoms with Crippen molar-refractivity contribution in [2.45, 2.75) is 58.5 Å². The average Bonchev–Trinajstić information content (AvgIpc) is 2.81. The average molecular weight is 307 g/mol. The van der Waals surface area contributed by atoms with E-state index in [0.717, 1.165) is 12.8 Å². The van der Waals surface area contributed by atoms with Gasteiger partial charge in [0.1, 0.15) is 5.60 Å². The molecule has 0 spiro atoms. The van der Waals surface area contributed by atoms with E-state index in [1.165, 1.54) is 11.9 Å². The molecule has 0 aromatic carbocycles. The Morgan fingerprint density at radius 2 is 2.19 bits per heavy atom. The predicted molar refractivity (Wildman–Crippen MR) is 71.4 cm³/mol. The van der Waals surface area contributed by atoms with Crippen LogP contribution in [-0.2, 0) is 14.3 Å². The van der Waals surface area contributed by atoms with Crippen molar-refractivity contribution in [3.8, 4) is 0 Å². The number of hydrogen-bond donors (Lipinski definition) is 3. The summed E-state index contributed by atoms with van der Waals surface area (Å²) < 4.78 is 9.80. The van der Waals surface area contributed by atoms with Gasteiger partial charge in [-0.2, -0.15) is 5.01 Å². The molecule has 1 heterocycles. The van der Waals surface area contributed by atoms with E-state index in [1.54, 1.807) is 20.8 Å². The fraction of sp³-hybridized carbons (Fsp3) is 0.917. The monoisotopic (exact) mass is 307 g/mol. The number of hydrogen-bond acceptors (Lipinski definition) is 9. The van der Waals surface area contributed by atoms with Crippen LogP contribution in [0.2, 0.25) is 0 Å². The highest BCUT2D eigenvalue weighted by molar-refractivity contribution is 5.60. The summed E-state index contributed by atoms with van der Waals surface area (Å²) in [5.74, 6) is 0. The molecule has 1 rings (SSSR count). The fourth-order valence-corrected chi connectivity index (χ4v) is 1.86. The standard InChI is InChI=1S/C12H25N3O6/c1-9(19-11(17)20-12(2,3)4)21-13-15(18)14-7-5-6-10(14)8-16/h9-10,13,16,18H,5-8H2,1-4H3/t9?,10-/m0/s1. The summed E-state index contributed by atoms with van der Waals surface area (Å²) in [4.78, 5) is 16.4. The highest BCUT2D eigenvalue weighted by atomic mass is 16.9. The number of ether oxygens (including phenoxy) is 2. The molecule has 9 heteroatoms. The molecule has 0 radical (unpaired) electrons. The Labute approximate surface area is 124 Å². The number of carbonyl (C=O) groups excluding carboxylic acids is 1. The van der Waals surface area contributed by atoms with Crippen molar-refractivity contribution in [1.29, 1.82) is 0 Å². The summed E-state index contributed by atoms with van der Waals surface area (Å²) in [6.07, 6.45) is -0.201. The van der Waals surface area contributed by atoms with Crippen molar-refractivity contribution in [3.63, 3.8) is 0 Å². The minimum atomic E-state index is -0.968. The van der Waals surface area contributed by atoms with E-state index in [-0.39, 0.29) is 12.6 Å². The van der Waals surface area contributed by atoms with Crippen molar-refractivity contribution in [2.75, 3.05) is 13.2 Å². The van der Waals surface area contributed by atoms with Crippen molar-refractivity contribution in [1.82, 2.24) is 15.9 Å². The van der Waals surface area contributed by atoms with E-state index >= 15 is 0 Å². The molecular formula is C12H25N3O6. The minimum absolute atomic E-state index is 0.0668. The summed E-state index contributed by atoms with van der Waals surface area (Å²) in [7, 11) is 0. The van der Waals surface area contributed by atoms with Crippen molar-refractivity contribution in [2.24, 2.45) is 0 Å². The molecule has 0 aromatic rings. The molecule has 1 saturated heterocycles. The molecule has 1 aliphatic heterocycles. The first-order valence-electron chi connectivity index (χ1n) is 6.90. The first-order valence-corrected chi connectivity index (χ1v) is 6.90. The summed E-state index contributed by atoms with van der Waals surface area (Å²) in [5.41, 5.74) is 1.57. The quantitative estimate of drug-likeness (QED) is 0.373. The molecule has 1 unspecified atom stereocenters. The van der Waals surface area contributed by atoms with Gasteiger partial charge in [-0.05, 0) is 38.9 Å². The van der Waals surface area contributed by atoms with Gasteiger partial charge in [-0.3, -0.25) is 5.21 Å². The van der Waals surface area contributed by atoms with E-state index in [1.807, 2.05) is 0 Å². The van der Waals surface area contributed by atoms with Gasteiger partial charge in [-0.1, -0.05) is 5.59 Å². The van der Waals surface area contributed by atoms with Gasteiger partial charge in [-0.15, -0.1) is 0 Å². The zero-order valence-corrected chi connectivity index (χ0v) is 12.9. The second-order valence-corrected chi connectivity index (χ2v) is 5.79. The number of nitrogens with one attached hydrogen (secondary N) is 1. The molecule has 0 aliphatic carbocycles. The number of aliphatic hydroxyl groups excluding tert-OH is 1. The Kier molecular flexibility index (Phi) is 6.78. The first kappa shape index (κ1) is 18.1. The summed E-state index contributed by atoms with van der Waals surface area (Å²) >= 11 is 0. The van der Waals surface area contributed by atoms with Gasteiger partial charge in [0.05, 0.1) is 12.6 Å². The third-order valence-electron chi connectivity index (χ3n) is 2.75. The van der Waals surface area contributed by atoms with Gasteiger partial charge < -0.3 is 14.6 Å². The number of aliphatic hydroxyl groups is 1. The van der Waals surface area contributed by atoms with Crippen LogP contribution in [-0.4, -0.2) is 57.8 Å². The molecule has 0 amide bonds. The Morgan fingerprint density at radius 3 is 2.76 bits per heavy atom. The highest BCUT2D eigenvalue weighted by Crippen LogP contribution is 2.17. The molecule has 0 aromatic heterocycles. The first-order chi connectivity index (χ1) is 9.73. The molecule has 1 aliphatic rings. The van der Waals surface area contributed by atoms with Crippen molar-refractivity contribution >= 4 is 6.16 Å². The third-order valence-corrected chi connectivity index (χ3v) is 2.75. The van der Waals surface area contributed by atoms with Crippen LogP contribution in [0.15, 0.2) is 0 Å².